The Kier molecular flexibility index (Phi) is 5.74. The maximum Gasteiger partial charge on any atom is 0.229 e. The fraction of sp³-hybridized carbons (Fsp3) is 0.158. The molecular weight excluding hydrogens is 383 g/mol. The first kappa shape index (κ1) is 19.6. The van der Waals surface area contributed by atoms with E-state index >= 15 is 0 Å². The minimum absolute atomic E-state index is 0.397. The number of hydrogen-bond acceptors (Lipinski definition) is 6. The second-order valence-corrected chi connectivity index (χ2v) is 7.69. The topological polar surface area (TPSA) is 93.2 Å². The summed E-state index contributed by atoms with van der Waals surface area (Å²) in [6.45, 7) is 2.28. The van der Waals surface area contributed by atoms with Gasteiger partial charge in [-0.1, -0.05) is 6.07 Å². The van der Waals surface area contributed by atoms with E-state index in [2.05, 4.69) is 20.0 Å². The van der Waals surface area contributed by atoms with Gasteiger partial charge in [0.15, 0.2) is 0 Å². The van der Waals surface area contributed by atoms with E-state index in [1.54, 1.807) is 36.4 Å². The molecular formula is C19H19FN4O3S. The summed E-state index contributed by atoms with van der Waals surface area (Å²) < 4.78 is 44.5. The lowest BCUT2D eigenvalue weighted by molar-refractivity contribution is 0.341. The molecule has 0 aliphatic rings. The lowest BCUT2D eigenvalue weighted by Gasteiger charge is -2.12. The van der Waals surface area contributed by atoms with Gasteiger partial charge in [0.1, 0.15) is 23.7 Å². The summed E-state index contributed by atoms with van der Waals surface area (Å²) in [5.74, 6) is 0.590. The first-order valence-electron chi connectivity index (χ1n) is 8.43. The van der Waals surface area contributed by atoms with Crippen LogP contribution in [-0.2, 0) is 10.0 Å². The van der Waals surface area contributed by atoms with Crippen LogP contribution >= 0.6 is 0 Å². The molecule has 0 saturated heterocycles. The van der Waals surface area contributed by atoms with Gasteiger partial charge in [-0.3, -0.25) is 4.72 Å². The summed E-state index contributed by atoms with van der Waals surface area (Å²) in [6.07, 6.45) is 2.44. The van der Waals surface area contributed by atoms with E-state index in [4.69, 9.17) is 4.74 Å². The summed E-state index contributed by atoms with van der Waals surface area (Å²) in [5.41, 5.74) is 2.05. The summed E-state index contributed by atoms with van der Waals surface area (Å²) in [5, 5.41) is 3.09. The minimum Gasteiger partial charge on any atom is -0.493 e. The van der Waals surface area contributed by atoms with E-state index in [-0.39, 0.29) is 0 Å². The normalized spacial score (nSPS) is 11.1. The highest BCUT2D eigenvalue weighted by Crippen LogP contribution is 2.31. The molecule has 28 heavy (non-hydrogen) atoms. The Hall–Kier alpha value is -3.20. The third kappa shape index (κ3) is 5.17. The van der Waals surface area contributed by atoms with Crippen molar-refractivity contribution in [3.63, 3.8) is 0 Å². The van der Waals surface area contributed by atoms with E-state index in [1.165, 1.54) is 18.5 Å². The van der Waals surface area contributed by atoms with E-state index < -0.39 is 15.8 Å². The SMILES string of the molecule is CCOc1ccc(F)cc1-c1cc(Nc2cccc(NS(C)(=O)=O)c2)ncn1. The van der Waals surface area contributed by atoms with Crippen LogP contribution in [0.5, 0.6) is 5.75 Å². The van der Waals surface area contributed by atoms with Gasteiger partial charge in [-0.2, -0.15) is 0 Å². The smallest absolute Gasteiger partial charge is 0.229 e. The largest absolute Gasteiger partial charge is 0.493 e. The molecule has 146 valence electrons. The Morgan fingerprint density at radius 2 is 1.86 bits per heavy atom. The molecule has 0 saturated carbocycles. The van der Waals surface area contributed by atoms with Crippen molar-refractivity contribution in [3.05, 3.63) is 60.7 Å². The lowest BCUT2D eigenvalue weighted by atomic mass is 10.1. The molecule has 1 aromatic heterocycles. The summed E-state index contributed by atoms with van der Waals surface area (Å²) >= 11 is 0. The van der Waals surface area contributed by atoms with Gasteiger partial charge in [-0.25, -0.2) is 22.8 Å². The van der Waals surface area contributed by atoms with Crippen LogP contribution in [0.4, 0.5) is 21.6 Å². The molecule has 0 unspecified atom stereocenters. The Balaban J connectivity index is 1.89. The van der Waals surface area contributed by atoms with Crippen LogP contribution in [0.15, 0.2) is 54.9 Å². The molecule has 2 N–H and O–H groups in total. The van der Waals surface area contributed by atoms with Gasteiger partial charge in [0, 0.05) is 17.3 Å². The number of hydrogen-bond donors (Lipinski definition) is 2. The monoisotopic (exact) mass is 402 g/mol. The molecule has 0 aliphatic carbocycles. The predicted molar refractivity (Wildman–Crippen MR) is 107 cm³/mol. The van der Waals surface area contributed by atoms with E-state index in [1.807, 2.05) is 6.92 Å². The standard InChI is InChI=1S/C19H19FN4O3S/c1-3-27-18-8-7-13(20)9-16(18)17-11-19(22-12-21-17)23-14-5-4-6-15(10-14)24-28(2,25)26/h4-12,24H,3H2,1-2H3,(H,21,22,23). The molecule has 3 aromatic rings. The zero-order chi connectivity index (χ0) is 20.1. The van der Waals surface area contributed by atoms with E-state index in [0.717, 1.165) is 6.26 Å². The third-order valence-corrected chi connectivity index (χ3v) is 4.23. The van der Waals surface area contributed by atoms with Crippen molar-refractivity contribution in [1.29, 1.82) is 0 Å². The van der Waals surface area contributed by atoms with Gasteiger partial charge in [0.25, 0.3) is 0 Å². The van der Waals surface area contributed by atoms with Crippen LogP contribution in [0, 0.1) is 5.82 Å². The van der Waals surface area contributed by atoms with Gasteiger partial charge < -0.3 is 10.1 Å². The quantitative estimate of drug-likeness (QED) is 0.624. The van der Waals surface area contributed by atoms with Gasteiger partial charge in [0.05, 0.1) is 24.2 Å². The second-order valence-electron chi connectivity index (χ2n) is 5.94. The van der Waals surface area contributed by atoms with Crippen LogP contribution in [0.2, 0.25) is 0 Å². The molecule has 2 aromatic carbocycles. The highest BCUT2D eigenvalue weighted by molar-refractivity contribution is 7.92. The van der Waals surface area contributed by atoms with Gasteiger partial charge in [-0.05, 0) is 43.3 Å². The number of halogens is 1. The molecule has 0 amide bonds. The summed E-state index contributed by atoms with van der Waals surface area (Å²) in [7, 11) is -3.38. The van der Waals surface area contributed by atoms with Crippen molar-refractivity contribution >= 4 is 27.2 Å². The minimum atomic E-state index is -3.38. The summed E-state index contributed by atoms with van der Waals surface area (Å²) in [4.78, 5) is 8.38. The lowest BCUT2D eigenvalue weighted by Crippen LogP contribution is -2.09. The van der Waals surface area contributed by atoms with Gasteiger partial charge in [0.2, 0.25) is 10.0 Å². The number of anilines is 3. The van der Waals surface area contributed by atoms with E-state index in [9.17, 15) is 12.8 Å². The Morgan fingerprint density at radius 3 is 2.61 bits per heavy atom. The van der Waals surface area contributed by atoms with Crippen LogP contribution < -0.4 is 14.8 Å². The van der Waals surface area contributed by atoms with Gasteiger partial charge >= 0.3 is 0 Å². The number of benzene rings is 2. The molecule has 0 radical (unpaired) electrons. The zero-order valence-corrected chi connectivity index (χ0v) is 16.1. The molecule has 0 bridgehead atoms. The first-order chi connectivity index (χ1) is 13.3. The molecule has 0 atom stereocenters. The van der Waals surface area contributed by atoms with E-state index in [0.29, 0.717) is 40.8 Å². The average Bonchev–Trinajstić information content (AvgIpc) is 2.62. The van der Waals surface area contributed by atoms with Crippen molar-refractivity contribution in [1.82, 2.24) is 9.97 Å². The zero-order valence-electron chi connectivity index (χ0n) is 15.3. The summed E-state index contributed by atoms with van der Waals surface area (Å²) in [6, 6.07) is 12.6. The van der Waals surface area contributed by atoms with Crippen molar-refractivity contribution in [2.75, 3.05) is 22.9 Å². The maximum atomic E-state index is 13.7. The molecule has 7 nitrogen and oxygen atoms in total. The second kappa shape index (κ2) is 8.22. The predicted octanol–water partition coefficient (Wildman–Crippen LogP) is 3.80. The number of nitrogens with zero attached hydrogens (tertiary/aromatic N) is 2. The number of rotatable bonds is 7. The Morgan fingerprint density at radius 1 is 1.07 bits per heavy atom. The molecule has 3 rings (SSSR count). The number of aromatic nitrogens is 2. The fourth-order valence-corrected chi connectivity index (χ4v) is 3.13. The van der Waals surface area contributed by atoms with Gasteiger partial charge in [-0.15, -0.1) is 0 Å². The van der Waals surface area contributed by atoms with Crippen molar-refractivity contribution in [2.45, 2.75) is 6.92 Å². The number of ether oxygens (including phenoxy) is 1. The molecule has 0 fully saturated rings. The third-order valence-electron chi connectivity index (χ3n) is 3.62. The van der Waals surface area contributed by atoms with Crippen molar-refractivity contribution < 1.29 is 17.5 Å². The van der Waals surface area contributed by atoms with Crippen molar-refractivity contribution in [3.8, 4) is 17.0 Å². The maximum absolute atomic E-state index is 13.7. The van der Waals surface area contributed by atoms with Crippen molar-refractivity contribution in [2.24, 2.45) is 0 Å². The molecule has 0 spiro atoms. The Labute approximate surface area is 162 Å². The number of nitrogens with one attached hydrogen (secondary N) is 2. The van der Waals surface area contributed by atoms with Crippen LogP contribution in [0.3, 0.4) is 0 Å². The molecule has 1 heterocycles. The van der Waals surface area contributed by atoms with Crippen LogP contribution in [0.25, 0.3) is 11.3 Å². The highest BCUT2D eigenvalue weighted by atomic mass is 32.2. The van der Waals surface area contributed by atoms with Crippen LogP contribution in [-0.4, -0.2) is 31.2 Å². The fourth-order valence-electron chi connectivity index (χ4n) is 2.58. The highest BCUT2D eigenvalue weighted by Gasteiger charge is 2.11. The first-order valence-corrected chi connectivity index (χ1v) is 10.3. The van der Waals surface area contributed by atoms with Crippen LogP contribution in [0.1, 0.15) is 6.92 Å². The molecule has 0 aliphatic heterocycles. The Bertz CT molecular complexity index is 1090. The number of sulfonamides is 1. The average molecular weight is 402 g/mol. The molecule has 9 heteroatoms.